The van der Waals surface area contributed by atoms with Crippen LogP contribution in [0, 0.1) is 24.8 Å². The summed E-state index contributed by atoms with van der Waals surface area (Å²) in [6.07, 6.45) is 36.8. The average Bonchev–Trinajstić information content (AvgIpc) is 1.93. The van der Waals surface area contributed by atoms with Gasteiger partial charge in [0.15, 0.2) is 0 Å². The van der Waals surface area contributed by atoms with Gasteiger partial charge < -0.3 is 19.3 Å². The minimum Gasteiger partial charge on any atom is -0.358 e. The molecule has 0 unspecified atom stereocenters. The summed E-state index contributed by atoms with van der Waals surface area (Å²) >= 11 is 0. The van der Waals surface area contributed by atoms with Crippen LogP contribution in [0.1, 0.15) is 46.2 Å². The van der Waals surface area contributed by atoms with E-state index in [1.165, 1.54) is 131 Å². The van der Waals surface area contributed by atoms with Gasteiger partial charge in [-0.2, -0.15) is 24.3 Å². The molecule has 8 nitrogen and oxygen atoms in total. The molecule has 0 saturated heterocycles. The summed E-state index contributed by atoms with van der Waals surface area (Å²) in [5.74, 6) is 0. The van der Waals surface area contributed by atoms with Gasteiger partial charge in [0.05, 0.1) is 17.1 Å². The third-order valence-electron chi connectivity index (χ3n) is 17.9. The van der Waals surface area contributed by atoms with Crippen molar-refractivity contribution in [3.8, 4) is 34.1 Å². The van der Waals surface area contributed by atoms with E-state index in [0.717, 1.165) is 54.1 Å². The molecule has 16 aromatic rings. The Morgan fingerprint density at radius 1 is 0.453 bits per heavy atom. The van der Waals surface area contributed by atoms with Gasteiger partial charge in [0, 0.05) is 51.1 Å². The van der Waals surface area contributed by atoms with Gasteiger partial charge in [-0.3, -0.25) is 19.3 Å². The Morgan fingerprint density at radius 3 is 1.41 bits per heavy atom. The Bertz CT molecular complexity index is 5210. The number of aromatic nitrogens is 8. The number of hydrogen-bond donors (Lipinski definition) is 0. The molecule has 407 valence electrons. The van der Waals surface area contributed by atoms with E-state index in [1.54, 1.807) is 12.4 Å². The summed E-state index contributed by atoms with van der Waals surface area (Å²) in [6.45, 7) is 0. The minimum atomic E-state index is 0. The van der Waals surface area contributed by atoms with Crippen molar-refractivity contribution in [3.05, 3.63) is 283 Å². The van der Waals surface area contributed by atoms with Crippen molar-refractivity contribution >= 4 is 109 Å². The first-order chi connectivity index (χ1) is 42.1. The molecule has 12 aromatic carbocycles. The van der Waals surface area contributed by atoms with Crippen LogP contribution in [-0.2, 0) is 32.9 Å². The van der Waals surface area contributed by atoms with Crippen LogP contribution in [-0.4, -0.2) is 24.4 Å². The number of benzene rings is 12. The summed E-state index contributed by atoms with van der Waals surface area (Å²) in [6, 6.07) is 66.1. The second-order valence-electron chi connectivity index (χ2n) is 22.5. The Balaban J connectivity index is 0.000000113. The van der Waals surface area contributed by atoms with Crippen molar-refractivity contribution in [3.63, 3.8) is 0 Å². The first-order valence-corrected chi connectivity index (χ1v) is 29.0. The van der Waals surface area contributed by atoms with E-state index < -0.39 is 0 Å². The standard InChI is InChI=1S/2C35H21N2.C7H5N4.Ir/c2*1-3-22-7-9-26-13-17-30(28-15-11-24(5-1)32(22)34(26)28)36-19-20-37(21-36)31-18-14-27-10-8-23-4-2-6-25-12-16-29(31)35(27)33(23)25;1-2-4-8-6(3-1)7-5-9-11-10-7;/h2*1-3,5-9,11-17,19-20H,4,10H2;1-5H;/q3*-1;. The summed E-state index contributed by atoms with van der Waals surface area (Å²) in [4.78, 5) is 4.08. The molecular formula is C77H47IrN8-3. The summed E-state index contributed by atoms with van der Waals surface area (Å²) in [5.41, 5.74) is 17.0. The van der Waals surface area contributed by atoms with Crippen molar-refractivity contribution in [2.75, 3.05) is 0 Å². The summed E-state index contributed by atoms with van der Waals surface area (Å²) < 4.78 is 8.44. The fraction of sp³-hybridized carbons (Fsp3) is 0.0519. The normalized spacial score (nSPS) is 13.6. The van der Waals surface area contributed by atoms with Crippen LogP contribution in [0.15, 0.2) is 225 Å². The van der Waals surface area contributed by atoms with Gasteiger partial charge >= 0.3 is 0 Å². The third kappa shape index (κ3) is 7.82. The summed E-state index contributed by atoms with van der Waals surface area (Å²) in [7, 11) is 0. The zero-order valence-electron chi connectivity index (χ0n) is 46.3. The Hall–Kier alpha value is -10.4. The van der Waals surface area contributed by atoms with Crippen molar-refractivity contribution in [2.45, 2.75) is 25.7 Å². The smallest absolute Gasteiger partial charge is 0.267 e. The van der Waals surface area contributed by atoms with Gasteiger partial charge in [0.1, 0.15) is 0 Å². The molecule has 0 N–H and O–H groups in total. The van der Waals surface area contributed by atoms with Crippen molar-refractivity contribution in [1.82, 2.24) is 29.5 Å². The molecule has 1 radical (unpaired) electrons. The monoisotopic (exact) mass is 1280 g/mol. The van der Waals surface area contributed by atoms with Gasteiger partial charge in [-0.15, -0.1) is 44.8 Å². The first-order valence-electron chi connectivity index (χ1n) is 29.0. The van der Waals surface area contributed by atoms with E-state index in [9.17, 15) is 0 Å². The third-order valence-corrected chi connectivity index (χ3v) is 17.9. The largest absolute Gasteiger partial charge is 0.358 e. The van der Waals surface area contributed by atoms with Gasteiger partial charge in [0.2, 0.25) is 0 Å². The molecule has 0 aliphatic heterocycles. The SMILES string of the molecule is [Ir].[c-]1cc2c3c4c(ccc3c1-n1[c-][n+](-c3ccc5ccc6cccc7ccc3c5c67)cc1)C=CCC4=CC2.[c-]1cc2c3c4c(ccc3c1-n1[c-][n+](-c3ccc5ccc6cccc7ccc3c5c67)cc1)C=CCC4=CC2.c1ccc(-c2cnn[n-]2)nc1. The van der Waals surface area contributed by atoms with Crippen LogP contribution in [0.4, 0.5) is 0 Å². The van der Waals surface area contributed by atoms with E-state index in [2.05, 4.69) is 270 Å². The Labute approximate surface area is 508 Å². The van der Waals surface area contributed by atoms with Gasteiger partial charge in [-0.1, -0.05) is 171 Å². The quantitative estimate of drug-likeness (QED) is 0.0978. The van der Waals surface area contributed by atoms with E-state index in [4.69, 9.17) is 0 Å². The molecule has 0 saturated carbocycles. The maximum absolute atomic E-state index is 4.08. The number of rotatable bonds is 5. The molecular weight excluding hydrogens is 1230 g/mol. The molecule has 0 bridgehead atoms. The second-order valence-corrected chi connectivity index (χ2v) is 22.5. The molecule has 0 spiro atoms. The maximum atomic E-state index is 4.08. The van der Waals surface area contributed by atoms with Gasteiger partial charge in [0.25, 0.3) is 12.7 Å². The molecule has 4 aliphatic rings. The zero-order valence-corrected chi connectivity index (χ0v) is 48.7. The predicted molar refractivity (Wildman–Crippen MR) is 342 cm³/mol. The second kappa shape index (κ2) is 19.9. The van der Waals surface area contributed by atoms with Crippen molar-refractivity contribution < 1.29 is 29.2 Å². The number of nitrogens with zero attached hydrogens (tertiary/aromatic N) is 8. The molecule has 0 atom stereocenters. The predicted octanol–water partition coefficient (Wildman–Crippen LogP) is 16.0. The van der Waals surface area contributed by atoms with Crippen molar-refractivity contribution in [2.24, 2.45) is 0 Å². The first kappa shape index (κ1) is 50.1. The topological polar surface area (TPSA) is 70.4 Å². The van der Waals surface area contributed by atoms with Crippen LogP contribution in [0.2, 0.25) is 0 Å². The maximum Gasteiger partial charge on any atom is 0.267 e. The fourth-order valence-corrected chi connectivity index (χ4v) is 14.1. The van der Waals surface area contributed by atoms with Gasteiger partial charge in [-0.25, -0.2) is 0 Å². The van der Waals surface area contributed by atoms with Crippen LogP contribution in [0.25, 0.3) is 144 Å². The molecule has 4 heterocycles. The van der Waals surface area contributed by atoms with Gasteiger partial charge in [-0.05, 0) is 152 Å². The fourth-order valence-electron chi connectivity index (χ4n) is 14.1. The molecule has 86 heavy (non-hydrogen) atoms. The van der Waals surface area contributed by atoms with Crippen LogP contribution >= 0.6 is 0 Å². The van der Waals surface area contributed by atoms with Crippen LogP contribution in [0.5, 0.6) is 0 Å². The van der Waals surface area contributed by atoms with E-state index >= 15 is 0 Å². The number of pyridine rings is 1. The Morgan fingerprint density at radius 2 is 0.930 bits per heavy atom. The zero-order chi connectivity index (χ0) is 55.7. The van der Waals surface area contributed by atoms with Crippen molar-refractivity contribution in [1.29, 1.82) is 0 Å². The molecule has 9 heteroatoms. The summed E-state index contributed by atoms with van der Waals surface area (Å²) in [5, 5.41) is 31.6. The molecule has 0 amide bonds. The van der Waals surface area contributed by atoms with Crippen LogP contribution < -0.4 is 14.2 Å². The number of imidazole rings is 2. The van der Waals surface area contributed by atoms with E-state index in [0.29, 0.717) is 5.69 Å². The van der Waals surface area contributed by atoms with Crippen LogP contribution in [0.3, 0.4) is 0 Å². The number of allylic oxidation sites excluding steroid dienone is 6. The van der Waals surface area contributed by atoms with E-state index in [-0.39, 0.29) is 20.1 Å². The number of hydrogen-bond acceptors (Lipinski definition) is 3. The molecule has 0 fully saturated rings. The Kier molecular flexibility index (Phi) is 11.6. The minimum absolute atomic E-state index is 0. The average molecular weight is 1280 g/mol. The molecule has 20 rings (SSSR count). The molecule has 4 aromatic heterocycles. The molecule has 4 aliphatic carbocycles. The van der Waals surface area contributed by atoms with E-state index in [1.807, 2.05) is 18.2 Å².